The van der Waals surface area contributed by atoms with E-state index in [1.54, 1.807) is 31.7 Å². The van der Waals surface area contributed by atoms with Crippen molar-refractivity contribution in [3.05, 3.63) is 28.6 Å². The summed E-state index contributed by atoms with van der Waals surface area (Å²) in [5.74, 6) is -0.132. The Kier molecular flexibility index (Phi) is 4.66. The van der Waals surface area contributed by atoms with Crippen molar-refractivity contribution >= 4 is 23.6 Å². The van der Waals surface area contributed by atoms with Gasteiger partial charge in [-0.25, -0.2) is 14.5 Å². The second-order valence-electron chi connectivity index (χ2n) is 7.77. The summed E-state index contributed by atoms with van der Waals surface area (Å²) < 4.78 is 10.7. The molecule has 0 spiro atoms. The lowest BCUT2D eigenvalue weighted by molar-refractivity contribution is -0.384. The Bertz CT molecular complexity index is 777. The molecule has 0 saturated carbocycles. The third-order valence-electron chi connectivity index (χ3n) is 4.53. The number of pyridine rings is 1. The van der Waals surface area contributed by atoms with Gasteiger partial charge in [0.1, 0.15) is 29.6 Å². The number of anilines is 1. The molecule has 0 bridgehead atoms. The largest absolute Gasteiger partial charge is 0.443 e. The van der Waals surface area contributed by atoms with Crippen LogP contribution in [-0.4, -0.2) is 57.8 Å². The molecular weight excluding hydrogens is 356 g/mol. The predicted molar refractivity (Wildman–Crippen MR) is 94.4 cm³/mol. The molecule has 10 nitrogen and oxygen atoms in total. The Morgan fingerprint density at radius 3 is 2.74 bits per heavy atom. The van der Waals surface area contributed by atoms with Crippen LogP contribution in [0.5, 0.6) is 0 Å². The molecule has 3 heterocycles. The van der Waals surface area contributed by atoms with Crippen LogP contribution in [0.3, 0.4) is 0 Å². The third kappa shape index (κ3) is 3.64. The highest BCUT2D eigenvalue weighted by molar-refractivity contribution is 5.90. The first kappa shape index (κ1) is 18.9. The average Bonchev–Trinajstić information content (AvgIpc) is 2.90. The summed E-state index contributed by atoms with van der Waals surface area (Å²) in [5.41, 5.74) is -0.500. The normalized spacial score (nSPS) is 25.0. The maximum absolute atomic E-state index is 12.5. The van der Waals surface area contributed by atoms with Crippen molar-refractivity contribution in [3.8, 4) is 0 Å². The van der Waals surface area contributed by atoms with Crippen molar-refractivity contribution in [1.82, 2.24) is 9.88 Å². The monoisotopic (exact) mass is 378 g/mol. The topological polar surface area (TPSA) is 115 Å². The highest BCUT2D eigenvalue weighted by Crippen LogP contribution is 2.36. The lowest BCUT2D eigenvalue weighted by atomic mass is 9.92. The van der Waals surface area contributed by atoms with E-state index in [9.17, 15) is 19.7 Å². The second-order valence-corrected chi connectivity index (χ2v) is 7.77. The highest BCUT2D eigenvalue weighted by Gasteiger charge is 2.52. The Balaban J connectivity index is 1.89. The van der Waals surface area contributed by atoms with Crippen LogP contribution >= 0.6 is 0 Å². The first-order valence-corrected chi connectivity index (χ1v) is 8.64. The minimum atomic E-state index is -0.779. The van der Waals surface area contributed by atoms with Gasteiger partial charge < -0.3 is 14.4 Å². The van der Waals surface area contributed by atoms with Gasteiger partial charge >= 0.3 is 17.9 Å². The zero-order valence-corrected chi connectivity index (χ0v) is 15.6. The SMILES string of the molecule is C[C@H]1CN(c2ccncc2[N+](=O)[O-])C[C@@H]2C1OC(=O)N2C(=O)OC(C)(C)C. The van der Waals surface area contributed by atoms with Crippen molar-refractivity contribution in [1.29, 1.82) is 0 Å². The molecule has 27 heavy (non-hydrogen) atoms. The zero-order chi connectivity index (χ0) is 19.9. The summed E-state index contributed by atoms with van der Waals surface area (Å²) >= 11 is 0. The third-order valence-corrected chi connectivity index (χ3v) is 4.53. The number of piperidine rings is 1. The van der Waals surface area contributed by atoms with Crippen molar-refractivity contribution in [2.75, 3.05) is 18.0 Å². The van der Waals surface area contributed by atoms with E-state index in [0.29, 0.717) is 12.2 Å². The van der Waals surface area contributed by atoms with E-state index in [-0.39, 0.29) is 18.2 Å². The van der Waals surface area contributed by atoms with Crippen molar-refractivity contribution < 1.29 is 24.0 Å². The number of carbonyl (C=O) groups is 2. The second kappa shape index (κ2) is 6.67. The molecule has 0 radical (unpaired) electrons. The van der Waals surface area contributed by atoms with E-state index in [4.69, 9.17) is 9.47 Å². The highest BCUT2D eigenvalue weighted by atomic mass is 16.6. The Labute approximate surface area is 156 Å². The quantitative estimate of drug-likeness (QED) is 0.569. The van der Waals surface area contributed by atoms with Crippen molar-refractivity contribution in [2.45, 2.75) is 45.4 Å². The number of rotatable bonds is 2. The number of fused-ring (bicyclic) bond motifs is 1. The van der Waals surface area contributed by atoms with E-state index in [0.717, 1.165) is 4.90 Å². The van der Waals surface area contributed by atoms with E-state index in [1.165, 1.54) is 12.4 Å². The smallest absolute Gasteiger partial charge is 0.420 e. The maximum Gasteiger partial charge on any atom is 0.420 e. The molecule has 2 amide bonds. The van der Waals surface area contributed by atoms with Gasteiger partial charge in [0.05, 0.1) is 4.92 Å². The maximum atomic E-state index is 12.5. The van der Waals surface area contributed by atoms with Gasteiger partial charge in [-0.3, -0.25) is 15.1 Å². The number of imide groups is 1. The molecule has 2 saturated heterocycles. The van der Waals surface area contributed by atoms with E-state index >= 15 is 0 Å². The fourth-order valence-electron chi connectivity index (χ4n) is 3.47. The Morgan fingerprint density at radius 2 is 2.11 bits per heavy atom. The fraction of sp³-hybridized carbons (Fsp3) is 0.588. The zero-order valence-electron chi connectivity index (χ0n) is 15.6. The number of ether oxygens (including phenoxy) is 2. The number of aromatic nitrogens is 1. The molecule has 0 N–H and O–H groups in total. The van der Waals surface area contributed by atoms with E-state index in [1.807, 2.05) is 6.92 Å². The molecule has 2 aliphatic rings. The number of nitrogens with zero attached hydrogens (tertiary/aromatic N) is 4. The van der Waals surface area contributed by atoms with Crippen LogP contribution in [0, 0.1) is 16.0 Å². The van der Waals surface area contributed by atoms with Crippen LogP contribution < -0.4 is 4.90 Å². The van der Waals surface area contributed by atoms with Gasteiger partial charge in [-0.2, -0.15) is 0 Å². The number of hydrogen-bond acceptors (Lipinski definition) is 8. The standard InChI is InChI=1S/C17H22N4O6/c1-10-8-19(11-5-6-18-7-12(11)21(24)25)9-13-14(10)26-15(22)20(13)16(23)27-17(2,3)4/h5-7,10,13-14H,8-9H2,1-4H3/t10-,13+,14?/m0/s1. The van der Waals surface area contributed by atoms with Crippen LogP contribution in [0.25, 0.3) is 0 Å². The average molecular weight is 378 g/mol. The summed E-state index contributed by atoms with van der Waals surface area (Å²) in [5, 5.41) is 11.3. The molecule has 3 rings (SSSR count). The summed E-state index contributed by atoms with van der Waals surface area (Å²) in [6, 6.07) is 0.963. The molecule has 0 aliphatic carbocycles. The van der Waals surface area contributed by atoms with Gasteiger partial charge in [-0.05, 0) is 26.8 Å². The van der Waals surface area contributed by atoms with E-state index < -0.39 is 34.9 Å². The first-order chi connectivity index (χ1) is 12.6. The molecular formula is C17H22N4O6. The first-order valence-electron chi connectivity index (χ1n) is 8.64. The van der Waals surface area contributed by atoms with Gasteiger partial charge in [0.15, 0.2) is 0 Å². The van der Waals surface area contributed by atoms with E-state index in [2.05, 4.69) is 4.98 Å². The summed E-state index contributed by atoms with van der Waals surface area (Å²) in [6.07, 6.45) is 0.646. The van der Waals surface area contributed by atoms with Gasteiger partial charge in [0, 0.05) is 25.2 Å². The van der Waals surface area contributed by atoms with Crippen molar-refractivity contribution in [3.63, 3.8) is 0 Å². The molecule has 3 atom stereocenters. The number of hydrogen-bond donors (Lipinski definition) is 0. The van der Waals surface area contributed by atoms with Crippen LogP contribution in [0.1, 0.15) is 27.7 Å². The van der Waals surface area contributed by atoms with Crippen molar-refractivity contribution in [2.24, 2.45) is 5.92 Å². The molecule has 10 heteroatoms. The molecule has 1 unspecified atom stereocenters. The van der Waals surface area contributed by atoms with Gasteiger partial charge in [-0.1, -0.05) is 6.92 Å². The van der Waals surface area contributed by atoms with Gasteiger partial charge in [0.25, 0.3) is 0 Å². The van der Waals surface area contributed by atoms with Gasteiger partial charge in [0.2, 0.25) is 0 Å². The number of carbonyl (C=O) groups excluding carboxylic acids is 2. The fourth-order valence-corrected chi connectivity index (χ4v) is 3.47. The lowest BCUT2D eigenvalue weighted by Crippen LogP contribution is -2.56. The molecule has 146 valence electrons. The summed E-state index contributed by atoms with van der Waals surface area (Å²) in [4.78, 5) is 42.2. The molecule has 0 aromatic carbocycles. The van der Waals surface area contributed by atoms with Crippen LogP contribution in [0.4, 0.5) is 21.0 Å². The Morgan fingerprint density at radius 1 is 1.41 bits per heavy atom. The predicted octanol–water partition coefficient (Wildman–Crippen LogP) is 2.57. The number of amides is 2. The van der Waals surface area contributed by atoms with Crippen LogP contribution in [0.2, 0.25) is 0 Å². The molecule has 2 fully saturated rings. The summed E-state index contributed by atoms with van der Waals surface area (Å²) in [6.45, 7) is 7.66. The molecule has 2 aliphatic heterocycles. The van der Waals surface area contributed by atoms with Crippen LogP contribution in [-0.2, 0) is 9.47 Å². The summed E-state index contributed by atoms with van der Waals surface area (Å²) in [7, 11) is 0. The minimum Gasteiger partial charge on any atom is -0.443 e. The molecule has 1 aromatic heterocycles. The number of nitro groups is 1. The Hall–Kier alpha value is -2.91. The molecule has 1 aromatic rings. The minimum absolute atomic E-state index is 0.128. The van der Waals surface area contributed by atoms with Crippen LogP contribution in [0.15, 0.2) is 18.5 Å². The van der Waals surface area contributed by atoms with Gasteiger partial charge in [-0.15, -0.1) is 0 Å². The lowest BCUT2D eigenvalue weighted by Gasteiger charge is -2.39.